The molecule has 6 heteroatoms. The highest BCUT2D eigenvalue weighted by atomic mass is 127. The Balaban J connectivity index is 2.33. The third-order valence-corrected chi connectivity index (χ3v) is 2.63. The maximum Gasteiger partial charge on any atom is 0.331 e. The first-order valence-electron chi connectivity index (χ1n) is 4.69. The van der Waals surface area contributed by atoms with Crippen molar-refractivity contribution in [1.29, 1.82) is 0 Å². The Kier molecular flexibility index (Phi) is 3.52. The number of pyridine rings is 1. The minimum absolute atomic E-state index is 0.000463. The van der Waals surface area contributed by atoms with Crippen molar-refractivity contribution in [3.8, 4) is 11.6 Å². The molecule has 0 saturated carbocycles. The molecule has 2 aromatic rings. The lowest BCUT2D eigenvalue weighted by Gasteiger charge is -2.04. The van der Waals surface area contributed by atoms with Crippen molar-refractivity contribution >= 4 is 28.3 Å². The molecule has 0 unspecified atom stereocenters. The van der Waals surface area contributed by atoms with Gasteiger partial charge in [-0.15, -0.1) is 0 Å². The summed E-state index contributed by atoms with van der Waals surface area (Å²) in [5, 5.41) is 10.8. The quantitative estimate of drug-likeness (QED) is 0.487. The number of rotatable bonds is 3. The monoisotopic (exact) mass is 342 g/mol. The molecule has 0 amide bonds. The highest BCUT2D eigenvalue weighted by Gasteiger charge is 2.16. The van der Waals surface area contributed by atoms with Gasteiger partial charge in [0.05, 0.1) is 4.92 Å². The Morgan fingerprint density at radius 1 is 1.29 bits per heavy atom. The predicted octanol–water partition coefficient (Wildman–Crippen LogP) is 3.39. The number of nitro groups is 1. The van der Waals surface area contributed by atoms with E-state index in [2.05, 4.69) is 27.6 Å². The van der Waals surface area contributed by atoms with Crippen LogP contribution in [0.4, 0.5) is 5.69 Å². The smallest absolute Gasteiger partial charge is 0.331 e. The van der Waals surface area contributed by atoms with Gasteiger partial charge in [0.25, 0.3) is 5.88 Å². The molecular weight excluding hydrogens is 335 g/mol. The summed E-state index contributed by atoms with van der Waals surface area (Å²) >= 11 is 2.14. The first-order valence-corrected chi connectivity index (χ1v) is 5.77. The van der Waals surface area contributed by atoms with Crippen molar-refractivity contribution in [1.82, 2.24) is 4.98 Å². The van der Waals surface area contributed by atoms with E-state index in [0.717, 1.165) is 3.57 Å². The summed E-state index contributed by atoms with van der Waals surface area (Å²) in [6.07, 6.45) is 1.45. The molecule has 0 fully saturated rings. The van der Waals surface area contributed by atoms with E-state index in [4.69, 9.17) is 4.74 Å². The standard InChI is InChI=1S/C11H7IN2O3/c12-8-3-1-4-9(7-8)17-11-10(14(15)16)5-2-6-13-11/h1-7H. The van der Waals surface area contributed by atoms with Crippen LogP contribution >= 0.6 is 22.6 Å². The van der Waals surface area contributed by atoms with E-state index in [9.17, 15) is 10.1 Å². The lowest BCUT2D eigenvalue weighted by atomic mass is 10.3. The Hall–Kier alpha value is -1.70. The fraction of sp³-hybridized carbons (Fsp3) is 0. The molecule has 1 heterocycles. The van der Waals surface area contributed by atoms with E-state index in [1.807, 2.05) is 12.1 Å². The zero-order valence-electron chi connectivity index (χ0n) is 8.54. The van der Waals surface area contributed by atoms with Gasteiger partial charge >= 0.3 is 5.69 Å². The zero-order valence-corrected chi connectivity index (χ0v) is 10.7. The Bertz CT molecular complexity index is 560. The maximum absolute atomic E-state index is 10.8. The summed E-state index contributed by atoms with van der Waals surface area (Å²) in [6.45, 7) is 0. The predicted molar refractivity (Wildman–Crippen MR) is 70.1 cm³/mol. The zero-order chi connectivity index (χ0) is 12.3. The molecule has 5 nitrogen and oxygen atoms in total. The molecule has 2 rings (SSSR count). The highest BCUT2D eigenvalue weighted by Crippen LogP contribution is 2.28. The van der Waals surface area contributed by atoms with Gasteiger partial charge in [0.2, 0.25) is 0 Å². The van der Waals surface area contributed by atoms with Crippen LogP contribution in [0.15, 0.2) is 42.6 Å². The van der Waals surface area contributed by atoms with E-state index < -0.39 is 4.92 Å². The molecular formula is C11H7IN2O3. The number of hydrogen-bond acceptors (Lipinski definition) is 4. The molecule has 86 valence electrons. The minimum Gasteiger partial charge on any atom is -0.434 e. The maximum atomic E-state index is 10.8. The van der Waals surface area contributed by atoms with Crippen LogP contribution < -0.4 is 4.74 Å². The largest absolute Gasteiger partial charge is 0.434 e. The van der Waals surface area contributed by atoms with Crippen LogP contribution in [-0.2, 0) is 0 Å². The number of benzene rings is 1. The van der Waals surface area contributed by atoms with Crippen molar-refractivity contribution in [2.75, 3.05) is 0 Å². The second-order valence-electron chi connectivity index (χ2n) is 3.14. The van der Waals surface area contributed by atoms with Crippen LogP contribution in [0.5, 0.6) is 11.6 Å². The third kappa shape index (κ3) is 2.90. The van der Waals surface area contributed by atoms with Gasteiger partial charge in [-0.25, -0.2) is 4.98 Å². The first kappa shape index (κ1) is 11.8. The minimum atomic E-state index is -0.518. The second kappa shape index (κ2) is 5.09. The normalized spacial score (nSPS) is 9.94. The number of ether oxygens (including phenoxy) is 1. The first-order chi connectivity index (χ1) is 8.16. The Labute approximate surface area is 111 Å². The highest BCUT2D eigenvalue weighted by molar-refractivity contribution is 14.1. The fourth-order valence-electron chi connectivity index (χ4n) is 1.24. The fourth-order valence-corrected chi connectivity index (χ4v) is 1.76. The van der Waals surface area contributed by atoms with Gasteiger partial charge in [0, 0.05) is 15.8 Å². The van der Waals surface area contributed by atoms with Crippen molar-refractivity contribution in [2.45, 2.75) is 0 Å². The SMILES string of the molecule is O=[N+]([O-])c1cccnc1Oc1cccc(I)c1. The topological polar surface area (TPSA) is 65.3 Å². The summed E-state index contributed by atoms with van der Waals surface area (Å²) in [6, 6.07) is 10.1. The molecule has 0 N–H and O–H groups in total. The molecule has 0 bridgehead atoms. The molecule has 0 radical (unpaired) electrons. The van der Waals surface area contributed by atoms with Gasteiger partial charge < -0.3 is 4.74 Å². The van der Waals surface area contributed by atoms with Gasteiger partial charge in [0.1, 0.15) is 5.75 Å². The summed E-state index contributed by atoms with van der Waals surface area (Å²) < 4.78 is 6.38. The summed E-state index contributed by atoms with van der Waals surface area (Å²) in [4.78, 5) is 14.1. The summed E-state index contributed by atoms with van der Waals surface area (Å²) in [5.41, 5.74) is -0.147. The molecule has 0 atom stereocenters. The lowest BCUT2D eigenvalue weighted by molar-refractivity contribution is -0.386. The molecule has 1 aromatic carbocycles. The van der Waals surface area contributed by atoms with Gasteiger partial charge in [-0.05, 0) is 46.9 Å². The summed E-state index contributed by atoms with van der Waals surface area (Å²) in [5.74, 6) is 0.526. The Morgan fingerprint density at radius 3 is 2.82 bits per heavy atom. The van der Waals surface area contributed by atoms with Crippen LogP contribution in [0.2, 0.25) is 0 Å². The van der Waals surface area contributed by atoms with E-state index in [1.165, 1.54) is 18.3 Å². The van der Waals surface area contributed by atoms with Gasteiger partial charge in [-0.3, -0.25) is 10.1 Å². The lowest BCUT2D eigenvalue weighted by Crippen LogP contribution is -1.95. The van der Waals surface area contributed by atoms with Gasteiger partial charge in [0.15, 0.2) is 0 Å². The van der Waals surface area contributed by atoms with Crippen molar-refractivity contribution in [3.63, 3.8) is 0 Å². The number of nitrogens with zero attached hydrogens (tertiary/aromatic N) is 2. The number of aromatic nitrogens is 1. The summed E-state index contributed by atoms with van der Waals surface area (Å²) in [7, 11) is 0. The van der Waals surface area contributed by atoms with Crippen molar-refractivity contribution in [3.05, 3.63) is 56.3 Å². The second-order valence-corrected chi connectivity index (χ2v) is 4.39. The van der Waals surface area contributed by atoms with E-state index in [-0.39, 0.29) is 11.6 Å². The van der Waals surface area contributed by atoms with Crippen LogP contribution in [0.25, 0.3) is 0 Å². The molecule has 0 aliphatic heterocycles. The third-order valence-electron chi connectivity index (χ3n) is 1.96. The number of hydrogen-bond donors (Lipinski definition) is 0. The van der Waals surface area contributed by atoms with Crippen LogP contribution in [0.1, 0.15) is 0 Å². The average Bonchev–Trinajstić information content (AvgIpc) is 2.29. The van der Waals surface area contributed by atoms with Crippen LogP contribution in [0, 0.1) is 13.7 Å². The molecule has 0 saturated heterocycles. The Morgan fingerprint density at radius 2 is 2.12 bits per heavy atom. The van der Waals surface area contributed by atoms with Crippen molar-refractivity contribution in [2.24, 2.45) is 0 Å². The van der Waals surface area contributed by atoms with Gasteiger partial charge in [-0.1, -0.05) is 6.07 Å². The van der Waals surface area contributed by atoms with Gasteiger partial charge in [-0.2, -0.15) is 0 Å². The van der Waals surface area contributed by atoms with Crippen LogP contribution in [0.3, 0.4) is 0 Å². The molecule has 0 aliphatic carbocycles. The van der Waals surface area contributed by atoms with E-state index >= 15 is 0 Å². The van der Waals surface area contributed by atoms with Crippen molar-refractivity contribution < 1.29 is 9.66 Å². The average molecular weight is 342 g/mol. The van der Waals surface area contributed by atoms with Crippen LogP contribution in [-0.4, -0.2) is 9.91 Å². The molecule has 0 aliphatic rings. The van der Waals surface area contributed by atoms with E-state index in [0.29, 0.717) is 5.75 Å². The molecule has 17 heavy (non-hydrogen) atoms. The van der Waals surface area contributed by atoms with E-state index in [1.54, 1.807) is 12.1 Å². The number of halogens is 1. The molecule has 1 aromatic heterocycles. The molecule has 0 spiro atoms.